The van der Waals surface area contributed by atoms with Crippen LogP contribution in [0.1, 0.15) is 27.2 Å². The van der Waals surface area contributed by atoms with E-state index >= 15 is 0 Å². The SMILES string of the molecule is CCCN(C(=O)ON)C(C)C. The van der Waals surface area contributed by atoms with Crippen LogP contribution in [0.15, 0.2) is 0 Å². The summed E-state index contributed by atoms with van der Waals surface area (Å²) in [7, 11) is 0. The van der Waals surface area contributed by atoms with Crippen LogP contribution in [0.25, 0.3) is 0 Å². The van der Waals surface area contributed by atoms with E-state index in [2.05, 4.69) is 4.84 Å². The van der Waals surface area contributed by atoms with E-state index in [1.807, 2.05) is 20.8 Å². The smallest absolute Gasteiger partial charge is 0.357 e. The lowest BCUT2D eigenvalue weighted by Crippen LogP contribution is -2.39. The first-order valence-electron chi connectivity index (χ1n) is 3.80. The molecule has 0 unspecified atom stereocenters. The highest BCUT2D eigenvalue weighted by molar-refractivity contribution is 5.67. The molecule has 2 N–H and O–H groups in total. The van der Waals surface area contributed by atoms with Gasteiger partial charge in [-0.3, -0.25) is 0 Å². The predicted octanol–water partition coefficient (Wildman–Crippen LogP) is 1.12. The van der Waals surface area contributed by atoms with Crippen molar-refractivity contribution in [3.63, 3.8) is 0 Å². The second-order valence-corrected chi connectivity index (χ2v) is 2.67. The normalized spacial score (nSPS) is 9.91. The number of nitrogens with zero attached hydrogens (tertiary/aromatic N) is 1. The minimum absolute atomic E-state index is 0.144. The van der Waals surface area contributed by atoms with Crippen LogP contribution in [0, 0.1) is 0 Å². The van der Waals surface area contributed by atoms with Gasteiger partial charge in [-0.1, -0.05) is 6.92 Å². The van der Waals surface area contributed by atoms with Gasteiger partial charge in [-0.2, -0.15) is 5.90 Å². The number of carbonyl (C=O) groups is 1. The van der Waals surface area contributed by atoms with Gasteiger partial charge in [-0.15, -0.1) is 0 Å². The molecule has 0 spiro atoms. The molecule has 0 saturated carbocycles. The highest BCUT2D eigenvalue weighted by Gasteiger charge is 2.15. The molecule has 0 aliphatic heterocycles. The molecule has 1 amide bonds. The molecule has 0 radical (unpaired) electrons. The van der Waals surface area contributed by atoms with E-state index in [0.717, 1.165) is 6.42 Å². The second kappa shape index (κ2) is 4.96. The first kappa shape index (κ1) is 10.2. The Hall–Kier alpha value is -0.770. The van der Waals surface area contributed by atoms with E-state index in [0.29, 0.717) is 6.54 Å². The summed E-state index contributed by atoms with van der Waals surface area (Å²) < 4.78 is 0. The summed E-state index contributed by atoms with van der Waals surface area (Å²) in [5.74, 6) is 4.75. The summed E-state index contributed by atoms with van der Waals surface area (Å²) in [6.07, 6.45) is 0.453. The third-order valence-electron chi connectivity index (χ3n) is 1.42. The molecule has 0 saturated heterocycles. The van der Waals surface area contributed by atoms with Gasteiger partial charge in [0.15, 0.2) is 0 Å². The van der Waals surface area contributed by atoms with Crippen molar-refractivity contribution in [2.75, 3.05) is 6.54 Å². The summed E-state index contributed by atoms with van der Waals surface area (Å²) in [4.78, 5) is 16.6. The standard InChI is InChI=1S/C7H16N2O2/c1-4-5-9(6(2)3)7(10)11-8/h6H,4-5,8H2,1-3H3. The number of hydrogen-bond acceptors (Lipinski definition) is 3. The zero-order chi connectivity index (χ0) is 8.85. The van der Waals surface area contributed by atoms with Crippen LogP contribution < -0.4 is 5.90 Å². The van der Waals surface area contributed by atoms with E-state index < -0.39 is 6.09 Å². The van der Waals surface area contributed by atoms with Gasteiger partial charge in [0.2, 0.25) is 0 Å². The molecule has 0 heterocycles. The summed E-state index contributed by atoms with van der Waals surface area (Å²) in [5, 5.41) is 0. The van der Waals surface area contributed by atoms with Gasteiger partial charge in [-0.05, 0) is 20.3 Å². The van der Waals surface area contributed by atoms with Crippen molar-refractivity contribution >= 4 is 6.09 Å². The Morgan fingerprint density at radius 2 is 2.18 bits per heavy atom. The lowest BCUT2D eigenvalue weighted by atomic mass is 10.3. The number of hydrogen-bond donors (Lipinski definition) is 1. The Morgan fingerprint density at radius 3 is 2.45 bits per heavy atom. The minimum atomic E-state index is -0.457. The molecule has 0 rings (SSSR count). The van der Waals surface area contributed by atoms with Crippen molar-refractivity contribution in [1.29, 1.82) is 0 Å². The molecule has 0 atom stereocenters. The summed E-state index contributed by atoms with van der Waals surface area (Å²) in [6, 6.07) is 0.144. The lowest BCUT2D eigenvalue weighted by Gasteiger charge is -2.23. The molecule has 11 heavy (non-hydrogen) atoms. The van der Waals surface area contributed by atoms with Crippen LogP contribution in [0.4, 0.5) is 4.79 Å². The Morgan fingerprint density at radius 1 is 1.64 bits per heavy atom. The molecule has 66 valence electrons. The Balaban J connectivity index is 3.98. The van der Waals surface area contributed by atoms with Gasteiger partial charge in [0.1, 0.15) is 0 Å². The van der Waals surface area contributed by atoms with E-state index in [-0.39, 0.29) is 6.04 Å². The van der Waals surface area contributed by atoms with Crippen LogP contribution in [0.2, 0.25) is 0 Å². The number of rotatable bonds is 3. The molecule has 0 fully saturated rings. The van der Waals surface area contributed by atoms with Crippen LogP contribution in [0.5, 0.6) is 0 Å². The van der Waals surface area contributed by atoms with Crippen LogP contribution in [-0.2, 0) is 4.84 Å². The van der Waals surface area contributed by atoms with Gasteiger partial charge in [0.25, 0.3) is 0 Å². The fourth-order valence-electron chi connectivity index (χ4n) is 0.869. The molecule has 4 heteroatoms. The van der Waals surface area contributed by atoms with E-state index in [9.17, 15) is 4.79 Å². The molecule has 0 aliphatic rings. The summed E-state index contributed by atoms with van der Waals surface area (Å²) in [5.41, 5.74) is 0. The first-order valence-corrected chi connectivity index (χ1v) is 3.80. The largest absolute Gasteiger partial charge is 0.428 e. The molecule has 0 aromatic heterocycles. The maximum atomic E-state index is 10.9. The monoisotopic (exact) mass is 160 g/mol. The maximum Gasteiger partial charge on any atom is 0.428 e. The van der Waals surface area contributed by atoms with Gasteiger partial charge >= 0.3 is 6.09 Å². The zero-order valence-electron chi connectivity index (χ0n) is 7.33. The quantitative estimate of drug-likeness (QED) is 0.629. The average molecular weight is 160 g/mol. The molecular formula is C7H16N2O2. The maximum absolute atomic E-state index is 10.9. The van der Waals surface area contributed by atoms with Gasteiger partial charge in [0.05, 0.1) is 0 Å². The topological polar surface area (TPSA) is 55.6 Å². The molecular weight excluding hydrogens is 144 g/mol. The molecule has 0 bridgehead atoms. The van der Waals surface area contributed by atoms with Crippen LogP contribution in [0.3, 0.4) is 0 Å². The molecule has 4 nitrogen and oxygen atoms in total. The highest BCUT2D eigenvalue weighted by atomic mass is 16.7. The lowest BCUT2D eigenvalue weighted by molar-refractivity contribution is 0.0921. The third kappa shape index (κ3) is 3.23. The fourth-order valence-corrected chi connectivity index (χ4v) is 0.869. The number of nitrogens with two attached hydrogens (primary N) is 1. The van der Waals surface area contributed by atoms with Crippen molar-refractivity contribution in [3.8, 4) is 0 Å². The summed E-state index contributed by atoms with van der Waals surface area (Å²) >= 11 is 0. The average Bonchev–Trinajstić information content (AvgIpc) is 1.98. The molecule has 0 aromatic rings. The van der Waals surface area contributed by atoms with Crippen LogP contribution in [-0.4, -0.2) is 23.6 Å². The van der Waals surface area contributed by atoms with Crippen LogP contribution >= 0.6 is 0 Å². The highest BCUT2D eigenvalue weighted by Crippen LogP contribution is 2.00. The van der Waals surface area contributed by atoms with Crippen molar-refractivity contribution in [2.24, 2.45) is 5.90 Å². The fraction of sp³-hybridized carbons (Fsp3) is 0.857. The first-order chi connectivity index (χ1) is 5.13. The minimum Gasteiger partial charge on any atom is -0.357 e. The van der Waals surface area contributed by atoms with E-state index in [1.165, 1.54) is 0 Å². The molecule has 0 aliphatic carbocycles. The van der Waals surface area contributed by atoms with Crippen molar-refractivity contribution in [3.05, 3.63) is 0 Å². The Labute approximate surface area is 67.3 Å². The predicted molar refractivity (Wildman–Crippen MR) is 42.8 cm³/mol. The third-order valence-corrected chi connectivity index (χ3v) is 1.42. The Kier molecular flexibility index (Phi) is 4.61. The number of carbonyl (C=O) groups excluding carboxylic acids is 1. The van der Waals surface area contributed by atoms with E-state index in [1.54, 1.807) is 4.90 Å². The van der Waals surface area contributed by atoms with E-state index in [4.69, 9.17) is 5.90 Å². The van der Waals surface area contributed by atoms with Gasteiger partial charge in [0, 0.05) is 12.6 Å². The Bertz CT molecular complexity index is 126. The van der Waals surface area contributed by atoms with Crippen molar-refractivity contribution in [2.45, 2.75) is 33.2 Å². The van der Waals surface area contributed by atoms with Gasteiger partial charge < -0.3 is 9.74 Å². The summed E-state index contributed by atoms with van der Waals surface area (Å²) in [6.45, 7) is 6.53. The van der Waals surface area contributed by atoms with Crippen molar-refractivity contribution in [1.82, 2.24) is 4.90 Å². The number of amides is 1. The van der Waals surface area contributed by atoms with Crippen molar-refractivity contribution < 1.29 is 9.63 Å². The molecule has 0 aromatic carbocycles. The van der Waals surface area contributed by atoms with Gasteiger partial charge in [-0.25, -0.2) is 4.79 Å². The second-order valence-electron chi connectivity index (χ2n) is 2.67. The zero-order valence-corrected chi connectivity index (χ0v) is 7.33.